The van der Waals surface area contributed by atoms with Crippen LogP contribution in [0.5, 0.6) is 0 Å². The van der Waals surface area contributed by atoms with E-state index in [-0.39, 0.29) is 11.6 Å². The van der Waals surface area contributed by atoms with Crippen molar-refractivity contribution in [1.29, 1.82) is 0 Å². The van der Waals surface area contributed by atoms with Gasteiger partial charge in [-0.3, -0.25) is 4.79 Å². The summed E-state index contributed by atoms with van der Waals surface area (Å²) in [6.07, 6.45) is 3.10. The first-order chi connectivity index (χ1) is 10.6. The molecule has 0 radical (unpaired) electrons. The van der Waals surface area contributed by atoms with Crippen LogP contribution in [-0.4, -0.2) is 22.4 Å². The maximum Gasteiger partial charge on any atom is 0.270 e. The Labute approximate surface area is 126 Å². The highest BCUT2D eigenvalue weighted by Crippen LogP contribution is 2.17. The minimum Gasteiger partial charge on any atom is -0.351 e. The van der Waals surface area contributed by atoms with Crippen LogP contribution in [0.15, 0.2) is 30.6 Å². The third-order valence-corrected chi connectivity index (χ3v) is 2.91. The molecule has 0 aliphatic heterocycles. The molecule has 5 nitrogen and oxygen atoms in total. The first-order valence-corrected chi connectivity index (χ1v) is 6.92. The third kappa shape index (κ3) is 4.21. The Morgan fingerprint density at radius 1 is 1.18 bits per heavy atom. The summed E-state index contributed by atoms with van der Waals surface area (Å²) in [4.78, 5) is 19.7. The monoisotopic (exact) mass is 306 g/mol. The number of carbonyl (C=O) groups is 1. The molecule has 22 heavy (non-hydrogen) atoms. The van der Waals surface area contributed by atoms with E-state index in [1.165, 1.54) is 18.5 Å². The summed E-state index contributed by atoms with van der Waals surface area (Å²) in [5.74, 6) is -1.87. The molecule has 1 heterocycles. The van der Waals surface area contributed by atoms with E-state index in [2.05, 4.69) is 20.6 Å². The number of hydrogen-bond acceptors (Lipinski definition) is 4. The first kappa shape index (κ1) is 15.8. The number of halogens is 2. The molecule has 2 rings (SSSR count). The molecule has 116 valence electrons. The Kier molecular flexibility index (Phi) is 5.35. The largest absolute Gasteiger partial charge is 0.351 e. The van der Waals surface area contributed by atoms with Crippen molar-refractivity contribution in [3.8, 4) is 0 Å². The number of aromatic nitrogens is 2. The smallest absolute Gasteiger partial charge is 0.270 e. The van der Waals surface area contributed by atoms with Gasteiger partial charge in [-0.15, -0.1) is 0 Å². The second-order valence-corrected chi connectivity index (χ2v) is 4.65. The lowest BCUT2D eigenvalue weighted by Crippen LogP contribution is -2.25. The molecule has 7 heteroatoms. The molecule has 2 aromatic rings. The second kappa shape index (κ2) is 7.44. The van der Waals surface area contributed by atoms with Crippen molar-refractivity contribution >= 4 is 17.4 Å². The van der Waals surface area contributed by atoms with Crippen LogP contribution in [0.25, 0.3) is 0 Å². The van der Waals surface area contributed by atoms with Gasteiger partial charge in [0.2, 0.25) is 0 Å². The summed E-state index contributed by atoms with van der Waals surface area (Å²) >= 11 is 0. The fraction of sp³-hybridized carbons (Fsp3) is 0.267. The Hall–Kier alpha value is -2.57. The van der Waals surface area contributed by atoms with Gasteiger partial charge in [0.25, 0.3) is 5.91 Å². The summed E-state index contributed by atoms with van der Waals surface area (Å²) in [5, 5.41) is 5.54. The summed E-state index contributed by atoms with van der Waals surface area (Å²) < 4.78 is 26.0. The van der Waals surface area contributed by atoms with Crippen LogP contribution in [-0.2, 0) is 0 Å². The molecule has 0 spiro atoms. The van der Waals surface area contributed by atoms with E-state index in [0.29, 0.717) is 18.1 Å². The highest BCUT2D eigenvalue weighted by atomic mass is 19.2. The lowest BCUT2D eigenvalue weighted by atomic mass is 10.3. The maximum absolute atomic E-state index is 13.2. The van der Waals surface area contributed by atoms with Gasteiger partial charge in [0.1, 0.15) is 17.8 Å². The minimum absolute atomic E-state index is 0.205. The van der Waals surface area contributed by atoms with Crippen LogP contribution >= 0.6 is 0 Å². The standard InChI is InChI=1S/C15H16F2N4O/c1-2-3-6-18-15(22)13-8-14(20-9-19-13)21-10-4-5-11(16)12(17)7-10/h4-5,7-9H,2-3,6H2,1H3,(H,18,22)(H,19,20,21). The van der Waals surface area contributed by atoms with E-state index in [1.807, 2.05) is 6.92 Å². The number of carbonyl (C=O) groups excluding carboxylic acids is 1. The fourth-order valence-corrected chi connectivity index (χ4v) is 1.74. The molecule has 1 amide bonds. The van der Waals surface area contributed by atoms with Gasteiger partial charge in [-0.1, -0.05) is 13.3 Å². The van der Waals surface area contributed by atoms with Gasteiger partial charge < -0.3 is 10.6 Å². The number of rotatable bonds is 6. The van der Waals surface area contributed by atoms with E-state index in [9.17, 15) is 13.6 Å². The van der Waals surface area contributed by atoms with E-state index >= 15 is 0 Å². The topological polar surface area (TPSA) is 66.9 Å². The summed E-state index contributed by atoms with van der Waals surface area (Å²) in [7, 11) is 0. The molecular weight excluding hydrogens is 290 g/mol. The summed E-state index contributed by atoms with van der Waals surface area (Å²) in [6, 6.07) is 4.85. The number of amides is 1. The Bertz CT molecular complexity index is 664. The van der Waals surface area contributed by atoms with Crippen molar-refractivity contribution in [3.05, 3.63) is 47.9 Å². The van der Waals surface area contributed by atoms with Gasteiger partial charge in [0, 0.05) is 24.4 Å². The van der Waals surface area contributed by atoms with E-state index < -0.39 is 11.6 Å². The van der Waals surface area contributed by atoms with Crippen LogP contribution in [0.4, 0.5) is 20.3 Å². The number of nitrogens with one attached hydrogen (secondary N) is 2. The molecule has 0 aliphatic carbocycles. The Balaban J connectivity index is 2.07. The molecule has 1 aromatic carbocycles. The van der Waals surface area contributed by atoms with Crippen molar-refractivity contribution in [2.24, 2.45) is 0 Å². The molecule has 0 atom stereocenters. The highest BCUT2D eigenvalue weighted by Gasteiger charge is 2.09. The number of nitrogens with zero attached hydrogens (tertiary/aromatic N) is 2. The maximum atomic E-state index is 13.2. The molecule has 0 unspecified atom stereocenters. The van der Waals surface area contributed by atoms with Crippen molar-refractivity contribution in [2.45, 2.75) is 19.8 Å². The normalized spacial score (nSPS) is 10.3. The zero-order valence-electron chi connectivity index (χ0n) is 12.1. The molecule has 2 N–H and O–H groups in total. The van der Waals surface area contributed by atoms with Crippen molar-refractivity contribution in [3.63, 3.8) is 0 Å². The van der Waals surface area contributed by atoms with Crippen molar-refractivity contribution < 1.29 is 13.6 Å². The molecular formula is C15H16F2N4O. The van der Waals surface area contributed by atoms with Gasteiger partial charge in [0.15, 0.2) is 11.6 Å². The summed E-state index contributed by atoms with van der Waals surface area (Å²) in [6.45, 7) is 2.60. The van der Waals surface area contributed by atoms with Gasteiger partial charge >= 0.3 is 0 Å². The second-order valence-electron chi connectivity index (χ2n) is 4.65. The van der Waals surface area contributed by atoms with Crippen molar-refractivity contribution in [2.75, 3.05) is 11.9 Å². The zero-order valence-corrected chi connectivity index (χ0v) is 12.1. The van der Waals surface area contributed by atoms with Gasteiger partial charge in [-0.05, 0) is 18.6 Å². The fourth-order valence-electron chi connectivity index (χ4n) is 1.74. The van der Waals surface area contributed by atoms with Crippen LogP contribution < -0.4 is 10.6 Å². The molecule has 0 saturated carbocycles. The molecule has 0 fully saturated rings. The van der Waals surface area contributed by atoms with E-state index in [4.69, 9.17) is 0 Å². The number of anilines is 2. The Morgan fingerprint density at radius 3 is 2.73 bits per heavy atom. The quantitative estimate of drug-likeness (QED) is 0.805. The minimum atomic E-state index is -0.961. The van der Waals surface area contributed by atoms with Gasteiger partial charge in [0.05, 0.1) is 0 Å². The predicted molar refractivity (Wildman–Crippen MR) is 78.9 cm³/mol. The Morgan fingerprint density at radius 2 is 2.00 bits per heavy atom. The lowest BCUT2D eigenvalue weighted by Gasteiger charge is -2.07. The SMILES string of the molecule is CCCCNC(=O)c1cc(Nc2ccc(F)c(F)c2)ncn1. The third-order valence-electron chi connectivity index (χ3n) is 2.91. The van der Waals surface area contributed by atoms with Gasteiger partial charge in [-0.25, -0.2) is 18.7 Å². The molecule has 0 aliphatic rings. The lowest BCUT2D eigenvalue weighted by molar-refractivity contribution is 0.0948. The number of unbranched alkanes of at least 4 members (excludes halogenated alkanes) is 1. The van der Waals surface area contributed by atoms with Crippen LogP contribution in [0.3, 0.4) is 0 Å². The summed E-state index contributed by atoms with van der Waals surface area (Å²) in [5.41, 5.74) is 0.533. The van der Waals surface area contributed by atoms with Crippen LogP contribution in [0, 0.1) is 11.6 Å². The molecule has 1 aromatic heterocycles. The van der Waals surface area contributed by atoms with E-state index in [0.717, 1.165) is 25.0 Å². The zero-order chi connectivity index (χ0) is 15.9. The predicted octanol–water partition coefficient (Wildman–Crippen LogP) is 3.03. The van der Waals surface area contributed by atoms with Crippen LogP contribution in [0.1, 0.15) is 30.3 Å². The average Bonchev–Trinajstić information content (AvgIpc) is 2.51. The molecule has 0 bridgehead atoms. The highest BCUT2D eigenvalue weighted by molar-refractivity contribution is 5.92. The van der Waals surface area contributed by atoms with Crippen molar-refractivity contribution in [1.82, 2.24) is 15.3 Å². The number of hydrogen-bond donors (Lipinski definition) is 2. The van der Waals surface area contributed by atoms with E-state index in [1.54, 1.807) is 0 Å². The van der Waals surface area contributed by atoms with Crippen LogP contribution in [0.2, 0.25) is 0 Å². The average molecular weight is 306 g/mol. The number of benzene rings is 1. The first-order valence-electron chi connectivity index (χ1n) is 6.92. The molecule has 0 saturated heterocycles. The van der Waals surface area contributed by atoms with Gasteiger partial charge in [-0.2, -0.15) is 0 Å².